The summed E-state index contributed by atoms with van der Waals surface area (Å²) in [6.45, 7) is 4.58. The van der Waals surface area contributed by atoms with E-state index in [2.05, 4.69) is 37.4 Å². The van der Waals surface area contributed by atoms with E-state index in [9.17, 15) is 5.11 Å². The van der Waals surface area contributed by atoms with Crippen LogP contribution in [0.15, 0.2) is 18.2 Å². The minimum absolute atomic E-state index is 0.264. The number of nitrogens with one attached hydrogen (secondary N) is 1. The number of aliphatic hydroxyl groups is 1. The van der Waals surface area contributed by atoms with Crippen molar-refractivity contribution in [1.29, 1.82) is 0 Å². The minimum atomic E-state index is 0.264. The molecule has 1 aromatic carbocycles. The maximum atomic E-state index is 9.32. The first kappa shape index (κ1) is 14.9. The second kappa shape index (κ2) is 7.32. The van der Waals surface area contributed by atoms with Crippen LogP contribution in [-0.4, -0.2) is 29.5 Å². The van der Waals surface area contributed by atoms with Crippen molar-refractivity contribution < 1.29 is 5.11 Å². The van der Waals surface area contributed by atoms with Crippen molar-refractivity contribution in [2.75, 3.05) is 12.4 Å². The molecule has 106 valence electrons. The molecule has 0 bridgehead atoms. The molecule has 0 aliphatic heterocycles. The summed E-state index contributed by atoms with van der Waals surface area (Å²) in [5.74, 6) is 2.18. The number of aliphatic hydroxyl groups excluding tert-OH is 1. The fraction of sp³-hybridized carbons (Fsp3) is 0.625. The van der Waals surface area contributed by atoms with Gasteiger partial charge in [-0.1, -0.05) is 29.3 Å². The van der Waals surface area contributed by atoms with Crippen LogP contribution in [0.5, 0.6) is 0 Å². The zero-order chi connectivity index (χ0) is 13.7. The predicted molar refractivity (Wildman–Crippen MR) is 83.7 cm³/mol. The van der Waals surface area contributed by atoms with Crippen molar-refractivity contribution in [2.45, 2.75) is 50.9 Å². The van der Waals surface area contributed by atoms with Gasteiger partial charge in [-0.25, -0.2) is 0 Å². The van der Waals surface area contributed by atoms with Gasteiger partial charge in [0.05, 0.1) is 6.61 Å². The van der Waals surface area contributed by atoms with Crippen molar-refractivity contribution in [3.8, 4) is 0 Å². The number of benzene rings is 1. The largest absolute Gasteiger partial charge is 0.395 e. The molecule has 2 nitrogen and oxygen atoms in total. The standard InChI is InChI=1S/C16H25NOS/c1-12-7-13(2)9-14(8-12)11-19-6-5-16(10-18)17-15-3-4-15/h7-9,15-18H,3-6,10-11H2,1-2H3. The molecule has 1 aliphatic rings. The van der Waals surface area contributed by atoms with Crippen molar-refractivity contribution in [1.82, 2.24) is 5.32 Å². The van der Waals surface area contributed by atoms with Crippen LogP contribution in [0.25, 0.3) is 0 Å². The summed E-state index contributed by atoms with van der Waals surface area (Å²) in [7, 11) is 0. The first-order valence-electron chi connectivity index (χ1n) is 7.19. The van der Waals surface area contributed by atoms with Crippen LogP contribution in [0.1, 0.15) is 36.0 Å². The van der Waals surface area contributed by atoms with Gasteiger partial charge in [-0.2, -0.15) is 11.8 Å². The highest BCUT2D eigenvalue weighted by Gasteiger charge is 2.23. The lowest BCUT2D eigenvalue weighted by atomic mass is 10.1. The Hall–Kier alpha value is -0.510. The highest BCUT2D eigenvalue weighted by molar-refractivity contribution is 7.98. The predicted octanol–water partition coefficient (Wildman–Crippen LogP) is 3.04. The molecule has 3 heteroatoms. The van der Waals surface area contributed by atoms with E-state index in [1.54, 1.807) is 0 Å². The molecular weight excluding hydrogens is 254 g/mol. The highest BCUT2D eigenvalue weighted by Crippen LogP contribution is 2.21. The number of hydrogen-bond acceptors (Lipinski definition) is 3. The zero-order valence-corrected chi connectivity index (χ0v) is 12.8. The van der Waals surface area contributed by atoms with Gasteiger partial charge in [0, 0.05) is 17.8 Å². The molecule has 0 heterocycles. The quantitative estimate of drug-likeness (QED) is 0.717. The van der Waals surface area contributed by atoms with Gasteiger partial charge in [0.2, 0.25) is 0 Å². The van der Waals surface area contributed by atoms with E-state index >= 15 is 0 Å². The third-order valence-corrected chi connectivity index (χ3v) is 4.49. The molecule has 1 aliphatic carbocycles. The molecule has 0 radical (unpaired) electrons. The Labute approximate surface area is 121 Å². The topological polar surface area (TPSA) is 32.3 Å². The Bertz CT molecular complexity index is 383. The average molecular weight is 279 g/mol. The van der Waals surface area contributed by atoms with Gasteiger partial charge in [0.25, 0.3) is 0 Å². The van der Waals surface area contributed by atoms with Gasteiger partial charge in [-0.15, -0.1) is 0 Å². The van der Waals surface area contributed by atoms with Crippen LogP contribution in [0.2, 0.25) is 0 Å². The lowest BCUT2D eigenvalue weighted by molar-refractivity contribution is 0.239. The van der Waals surface area contributed by atoms with Crippen LogP contribution in [0, 0.1) is 13.8 Å². The van der Waals surface area contributed by atoms with Crippen molar-refractivity contribution in [3.05, 3.63) is 34.9 Å². The fourth-order valence-corrected chi connectivity index (χ4v) is 3.38. The van der Waals surface area contributed by atoms with Crippen LogP contribution in [0.4, 0.5) is 0 Å². The van der Waals surface area contributed by atoms with Crippen LogP contribution < -0.4 is 5.32 Å². The summed E-state index contributed by atoms with van der Waals surface area (Å²) >= 11 is 1.96. The summed E-state index contributed by atoms with van der Waals surface area (Å²) in [5, 5.41) is 12.8. The number of aryl methyl sites for hydroxylation is 2. The molecule has 1 unspecified atom stereocenters. The molecule has 2 rings (SSSR count). The number of rotatable bonds is 8. The van der Waals surface area contributed by atoms with Crippen molar-refractivity contribution in [3.63, 3.8) is 0 Å². The smallest absolute Gasteiger partial charge is 0.0585 e. The Kier molecular flexibility index (Phi) is 5.74. The zero-order valence-electron chi connectivity index (χ0n) is 12.0. The third kappa shape index (κ3) is 5.55. The van der Waals surface area contributed by atoms with Gasteiger partial charge in [-0.3, -0.25) is 0 Å². The Morgan fingerprint density at radius 2 is 1.95 bits per heavy atom. The Morgan fingerprint density at radius 3 is 2.53 bits per heavy atom. The molecule has 0 aromatic heterocycles. The van der Waals surface area contributed by atoms with Crippen molar-refractivity contribution in [2.24, 2.45) is 0 Å². The van der Waals surface area contributed by atoms with E-state index < -0.39 is 0 Å². The second-order valence-electron chi connectivity index (χ2n) is 5.66. The fourth-order valence-electron chi connectivity index (χ4n) is 2.38. The summed E-state index contributed by atoms with van der Waals surface area (Å²) in [6, 6.07) is 7.73. The number of thioether (sulfide) groups is 1. The monoisotopic (exact) mass is 279 g/mol. The second-order valence-corrected chi connectivity index (χ2v) is 6.76. The van der Waals surface area contributed by atoms with E-state index in [1.807, 2.05) is 11.8 Å². The number of hydrogen-bond donors (Lipinski definition) is 2. The van der Waals surface area contributed by atoms with Gasteiger partial charge < -0.3 is 10.4 Å². The normalized spacial score (nSPS) is 16.6. The summed E-state index contributed by atoms with van der Waals surface area (Å²) in [4.78, 5) is 0. The van der Waals surface area contributed by atoms with Crippen LogP contribution in [-0.2, 0) is 5.75 Å². The van der Waals surface area contributed by atoms with Crippen LogP contribution >= 0.6 is 11.8 Å². The van der Waals surface area contributed by atoms with E-state index in [-0.39, 0.29) is 6.61 Å². The van der Waals surface area contributed by atoms with E-state index in [4.69, 9.17) is 0 Å². The molecule has 0 amide bonds. The Morgan fingerprint density at radius 1 is 1.26 bits per heavy atom. The molecular formula is C16H25NOS. The maximum Gasteiger partial charge on any atom is 0.0585 e. The van der Waals surface area contributed by atoms with E-state index in [0.717, 1.165) is 17.9 Å². The SMILES string of the molecule is Cc1cc(C)cc(CSCCC(CO)NC2CC2)c1. The van der Waals surface area contributed by atoms with Gasteiger partial charge in [0.1, 0.15) is 0 Å². The maximum absolute atomic E-state index is 9.32. The molecule has 2 N–H and O–H groups in total. The van der Waals surface area contributed by atoms with E-state index in [0.29, 0.717) is 12.1 Å². The molecule has 1 saturated carbocycles. The minimum Gasteiger partial charge on any atom is -0.395 e. The van der Waals surface area contributed by atoms with Crippen LogP contribution in [0.3, 0.4) is 0 Å². The Balaban J connectivity index is 1.67. The molecule has 0 saturated heterocycles. The van der Waals surface area contributed by atoms with Gasteiger partial charge in [0.15, 0.2) is 0 Å². The lowest BCUT2D eigenvalue weighted by Crippen LogP contribution is -2.34. The summed E-state index contributed by atoms with van der Waals surface area (Å²) < 4.78 is 0. The summed E-state index contributed by atoms with van der Waals surface area (Å²) in [5.41, 5.74) is 4.11. The average Bonchev–Trinajstić information content (AvgIpc) is 3.15. The first-order valence-corrected chi connectivity index (χ1v) is 8.34. The summed E-state index contributed by atoms with van der Waals surface area (Å²) in [6.07, 6.45) is 3.63. The molecule has 1 fully saturated rings. The molecule has 19 heavy (non-hydrogen) atoms. The van der Waals surface area contributed by atoms with E-state index in [1.165, 1.54) is 29.5 Å². The molecule has 1 aromatic rings. The third-order valence-electron chi connectivity index (χ3n) is 3.43. The van der Waals surface area contributed by atoms with Gasteiger partial charge >= 0.3 is 0 Å². The lowest BCUT2D eigenvalue weighted by Gasteiger charge is -2.15. The molecule has 1 atom stereocenters. The first-order chi connectivity index (χ1) is 9.17. The van der Waals surface area contributed by atoms with Crippen molar-refractivity contribution >= 4 is 11.8 Å². The highest BCUT2D eigenvalue weighted by atomic mass is 32.2. The van der Waals surface area contributed by atoms with Gasteiger partial charge in [-0.05, 0) is 44.4 Å². The molecule has 0 spiro atoms.